The Morgan fingerprint density at radius 2 is 1.94 bits per heavy atom. The van der Waals surface area contributed by atoms with Gasteiger partial charge in [0.25, 0.3) is 0 Å². The van der Waals surface area contributed by atoms with E-state index in [0.717, 1.165) is 5.56 Å². The SMILES string of the molecule is Cc1ccc(S(=O)(=O)N2CCOC[C@@H]2C)cc1. The smallest absolute Gasteiger partial charge is 0.243 e. The van der Waals surface area contributed by atoms with E-state index in [4.69, 9.17) is 4.74 Å². The number of benzene rings is 1. The van der Waals surface area contributed by atoms with Gasteiger partial charge in [0.2, 0.25) is 10.0 Å². The normalized spacial score (nSPS) is 22.6. The lowest BCUT2D eigenvalue weighted by atomic mass is 10.2. The quantitative estimate of drug-likeness (QED) is 0.802. The van der Waals surface area contributed by atoms with Gasteiger partial charge < -0.3 is 4.74 Å². The molecule has 1 aromatic rings. The third kappa shape index (κ3) is 2.51. The second-order valence-electron chi connectivity index (χ2n) is 4.35. The molecule has 1 aliphatic heterocycles. The Bertz CT molecular complexity index is 481. The van der Waals surface area contributed by atoms with Crippen molar-refractivity contribution < 1.29 is 13.2 Å². The molecule has 0 unspecified atom stereocenters. The van der Waals surface area contributed by atoms with Crippen LogP contribution in [0.2, 0.25) is 0 Å². The van der Waals surface area contributed by atoms with Crippen LogP contribution in [0.4, 0.5) is 0 Å². The molecule has 0 spiro atoms. The molecule has 4 nitrogen and oxygen atoms in total. The number of hydrogen-bond donors (Lipinski definition) is 0. The summed E-state index contributed by atoms with van der Waals surface area (Å²) in [5, 5.41) is 0. The molecular formula is C12H17NO3S. The van der Waals surface area contributed by atoms with Crippen molar-refractivity contribution in [3.8, 4) is 0 Å². The molecule has 0 aromatic heterocycles. The highest BCUT2D eigenvalue weighted by molar-refractivity contribution is 7.89. The van der Waals surface area contributed by atoms with Crippen LogP contribution >= 0.6 is 0 Å². The number of nitrogens with zero attached hydrogens (tertiary/aromatic N) is 1. The molecule has 0 amide bonds. The fourth-order valence-electron chi connectivity index (χ4n) is 1.91. The first-order valence-corrected chi connectivity index (χ1v) is 7.12. The van der Waals surface area contributed by atoms with Crippen LogP contribution in [0.3, 0.4) is 0 Å². The van der Waals surface area contributed by atoms with Gasteiger partial charge in [-0.1, -0.05) is 17.7 Å². The van der Waals surface area contributed by atoms with Crippen molar-refractivity contribution in [2.45, 2.75) is 24.8 Å². The van der Waals surface area contributed by atoms with Gasteiger partial charge >= 0.3 is 0 Å². The van der Waals surface area contributed by atoms with Gasteiger partial charge in [-0.2, -0.15) is 4.31 Å². The van der Waals surface area contributed by atoms with E-state index in [1.54, 1.807) is 12.1 Å². The third-order valence-electron chi connectivity index (χ3n) is 2.93. The molecule has 1 fully saturated rings. The fraction of sp³-hybridized carbons (Fsp3) is 0.500. The van der Waals surface area contributed by atoms with Crippen molar-refractivity contribution in [1.29, 1.82) is 0 Å². The van der Waals surface area contributed by atoms with Crippen LogP contribution in [-0.2, 0) is 14.8 Å². The summed E-state index contributed by atoms with van der Waals surface area (Å²) in [7, 11) is -3.37. The number of rotatable bonds is 2. The molecule has 0 aliphatic carbocycles. The molecule has 1 saturated heterocycles. The molecule has 1 aliphatic rings. The zero-order valence-corrected chi connectivity index (χ0v) is 10.9. The lowest BCUT2D eigenvalue weighted by molar-refractivity contribution is 0.0393. The Morgan fingerprint density at radius 1 is 1.29 bits per heavy atom. The molecule has 1 heterocycles. The summed E-state index contributed by atoms with van der Waals surface area (Å²) in [6.45, 7) is 5.16. The van der Waals surface area contributed by atoms with Crippen molar-refractivity contribution in [1.82, 2.24) is 4.31 Å². The van der Waals surface area contributed by atoms with Crippen LogP contribution in [0.1, 0.15) is 12.5 Å². The summed E-state index contributed by atoms with van der Waals surface area (Å²) in [6.07, 6.45) is 0. The second-order valence-corrected chi connectivity index (χ2v) is 6.24. The molecule has 1 aromatic carbocycles. The number of sulfonamides is 1. The van der Waals surface area contributed by atoms with E-state index in [1.165, 1.54) is 4.31 Å². The van der Waals surface area contributed by atoms with Crippen LogP contribution in [0.15, 0.2) is 29.2 Å². The van der Waals surface area contributed by atoms with E-state index >= 15 is 0 Å². The van der Waals surface area contributed by atoms with Gasteiger partial charge in [-0.3, -0.25) is 0 Å². The standard InChI is InChI=1S/C12H17NO3S/c1-10-3-5-12(6-4-10)17(14,15)13-7-8-16-9-11(13)2/h3-6,11H,7-9H2,1-2H3/t11-/m0/s1. The molecule has 0 bridgehead atoms. The first-order chi connectivity index (χ1) is 8.01. The molecular weight excluding hydrogens is 238 g/mol. The van der Waals surface area contributed by atoms with Crippen molar-refractivity contribution in [3.05, 3.63) is 29.8 Å². The predicted octanol–water partition coefficient (Wildman–Crippen LogP) is 1.40. The van der Waals surface area contributed by atoms with Crippen molar-refractivity contribution in [2.75, 3.05) is 19.8 Å². The lowest BCUT2D eigenvalue weighted by Crippen LogP contribution is -2.46. The van der Waals surface area contributed by atoms with Gasteiger partial charge in [0.15, 0.2) is 0 Å². The van der Waals surface area contributed by atoms with Gasteiger partial charge in [0.05, 0.1) is 18.1 Å². The van der Waals surface area contributed by atoms with E-state index in [0.29, 0.717) is 24.7 Å². The topological polar surface area (TPSA) is 46.6 Å². The maximum absolute atomic E-state index is 12.4. The van der Waals surface area contributed by atoms with Crippen molar-refractivity contribution >= 4 is 10.0 Å². The largest absolute Gasteiger partial charge is 0.378 e. The number of morpholine rings is 1. The van der Waals surface area contributed by atoms with E-state index in [9.17, 15) is 8.42 Å². The highest BCUT2D eigenvalue weighted by atomic mass is 32.2. The number of aryl methyl sites for hydroxylation is 1. The van der Waals surface area contributed by atoms with Gasteiger partial charge in [-0.15, -0.1) is 0 Å². The van der Waals surface area contributed by atoms with Crippen LogP contribution in [0.5, 0.6) is 0 Å². The fourth-order valence-corrected chi connectivity index (χ4v) is 3.51. The first kappa shape index (κ1) is 12.5. The van der Waals surface area contributed by atoms with Crippen LogP contribution in [-0.4, -0.2) is 38.5 Å². The molecule has 5 heteroatoms. The van der Waals surface area contributed by atoms with Gasteiger partial charge in [0.1, 0.15) is 0 Å². The number of ether oxygens (including phenoxy) is 1. The highest BCUT2D eigenvalue weighted by Crippen LogP contribution is 2.20. The van der Waals surface area contributed by atoms with Crippen LogP contribution < -0.4 is 0 Å². The highest BCUT2D eigenvalue weighted by Gasteiger charge is 2.31. The summed E-state index contributed by atoms with van der Waals surface area (Å²) in [5.41, 5.74) is 1.05. The molecule has 17 heavy (non-hydrogen) atoms. The second kappa shape index (κ2) is 4.76. The minimum atomic E-state index is -3.37. The monoisotopic (exact) mass is 255 g/mol. The predicted molar refractivity (Wildman–Crippen MR) is 65.4 cm³/mol. The zero-order chi connectivity index (χ0) is 12.5. The lowest BCUT2D eigenvalue weighted by Gasteiger charge is -2.32. The maximum Gasteiger partial charge on any atom is 0.243 e. The Kier molecular flexibility index (Phi) is 3.51. The van der Waals surface area contributed by atoms with E-state index < -0.39 is 10.0 Å². The van der Waals surface area contributed by atoms with Crippen LogP contribution in [0.25, 0.3) is 0 Å². The average molecular weight is 255 g/mol. The summed E-state index contributed by atoms with van der Waals surface area (Å²) < 4.78 is 31.5. The maximum atomic E-state index is 12.4. The van der Waals surface area contributed by atoms with Gasteiger partial charge in [-0.05, 0) is 26.0 Å². The summed E-state index contributed by atoms with van der Waals surface area (Å²) in [5.74, 6) is 0. The van der Waals surface area contributed by atoms with Gasteiger partial charge in [-0.25, -0.2) is 8.42 Å². The Balaban J connectivity index is 2.32. The molecule has 1 atom stereocenters. The van der Waals surface area contributed by atoms with Crippen molar-refractivity contribution in [2.24, 2.45) is 0 Å². The molecule has 2 rings (SSSR count). The number of hydrogen-bond acceptors (Lipinski definition) is 3. The first-order valence-electron chi connectivity index (χ1n) is 5.68. The Labute approximate surface area is 102 Å². The average Bonchev–Trinajstić information content (AvgIpc) is 2.30. The minimum Gasteiger partial charge on any atom is -0.378 e. The zero-order valence-electron chi connectivity index (χ0n) is 10.1. The summed E-state index contributed by atoms with van der Waals surface area (Å²) >= 11 is 0. The third-order valence-corrected chi connectivity index (χ3v) is 4.96. The van der Waals surface area contributed by atoms with Crippen LogP contribution in [0, 0.1) is 6.92 Å². The molecule has 0 saturated carbocycles. The van der Waals surface area contributed by atoms with Crippen molar-refractivity contribution in [3.63, 3.8) is 0 Å². The van der Waals surface area contributed by atoms with E-state index in [2.05, 4.69) is 0 Å². The van der Waals surface area contributed by atoms with E-state index in [1.807, 2.05) is 26.0 Å². The Morgan fingerprint density at radius 3 is 2.53 bits per heavy atom. The molecule has 94 valence electrons. The van der Waals surface area contributed by atoms with E-state index in [-0.39, 0.29) is 6.04 Å². The van der Waals surface area contributed by atoms with Gasteiger partial charge in [0, 0.05) is 12.6 Å². The minimum absolute atomic E-state index is 0.102. The Hall–Kier alpha value is -0.910. The molecule has 0 radical (unpaired) electrons. The summed E-state index contributed by atoms with van der Waals surface area (Å²) in [4.78, 5) is 0.358. The molecule has 0 N–H and O–H groups in total. The summed E-state index contributed by atoms with van der Waals surface area (Å²) in [6, 6.07) is 6.85.